The fourth-order valence-electron chi connectivity index (χ4n) is 3.03. The Balaban J connectivity index is 1.70. The summed E-state index contributed by atoms with van der Waals surface area (Å²) < 4.78 is 1.38. The van der Waals surface area contributed by atoms with E-state index < -0.39 is 4.92 Å². The monoisotopic (exact) mass is 344 g/mol. The van der Waals surface area contributed by atoms with Crippen molar-refractivity contribution in [1.29, 1.82) is 0 Å². The van der Waals surface area contributed by atoms with Crippen molar-refractivity contribution in [2.24, 2.45) is 5.92 Å². The largest absolute Gasteiger partial charge is 0.337 e. The Bertz CT molecular complexity index is 767. The third kappa shape index (κ3) is 3.82. The second-order valence-corrected chi connectivity index (χ2v) is 6.12. The molecule has 1 aromatic heterocycles. The molecule has 0 saturated carbocycles. The molecular weight excluding hydrogens is 324 g/mol. The molecule has 1 saturated heterocycles. The maximum atomic E-state index is 12.6. The molecule has 9 nitrogen and oxygen atoms in total. The molecule has 1 amide bonds. The van der Waals surface area contributed by atoms with Gasteiger partial charge in [-0.3, -0.25) is 14.9 Å². The minimum atomic E-state index is -0.470. The van der Waals surface area contributed by atoms with Gasteiger partial charge < -0.3 is 10.2 Å². The Morgan fingerprint density at radius 1 is 1.40 bits per heavy atom. The van der Waals surface area contributed by atoms with E-state index >= 15 is 0 Å². The Hall–Kier alpha value is -2.81. The lowest BCUT2D eigenvalue weighted by Crippen LogP contribution is -2.40. The molecule has 1 aromatic carbocycles. The first-order valence-corrected chi connectivity index (χ1v) is 8.19. The van der Waals surface area contributed by atoms with Gasteiger partial charge in [-0.25, -0.2) is 4.68 Å². The minimum absolute atomic E-state index is 0.0347. The first-order valence-electron chi connectivity index (χ1n) is 8.19. The van der Waals surface area contributed by atoms with Gasteiger partial charge in [0.25, 0.3) is 11.6 Å². The van der Waals surface area contributed by atoms with Crippen molar-refractivity contribution in [3.8, 4) is 5.69 Å². The van der Waals surface area contributed by atoms with Crippen LogP contribution in [0.2, 0.25) is 0 Å². The van der Waals surface area contributed by atoms with Gasteiger partial charge in [-0.05, 0) is 38.4 Å². The molecule has 0 radical (unpaired) electrons. The van der Waals surface area contributed by atoms with Gasteiger partial charge >= 0.3 is 0 Å². The zero-order chi connectivity index (χ0) is 17.8. The van der Waals surface area contributed by atoms with Crippen LogP contribution in [0.15, 0.2) is 30.5 Å². The topological polar surface area (TPSA) is 106 Å². The van der Waals surface area contributed by atoms with Crippen LogP contribution >= 0.6 is 0 Å². The molecule has 0 spiro atoms. The molecule has 2 aromatic rings. The number of amides is 1. The molecule has 1 aliphatic heterocycles. The van der Waals surface area contributed by atoms with Gasteiger partial charge in [0.05, 0.1) is 16.8 Å². The van der Waals surface area contributed by atoms with Crippen LogP contribution in [0.4, 0.5) is 5.69 Å². The number of rotatable bonds is 5. The van der Waals surface area contributed by atoms with Crippen molar-refractivity contribution in [3.05, 3.63) is 46.3 Å². The van der Waals surface area contributed by atoms with Crippen LogP contribution in [0.25, 0.3) is 5.69 Å². The standard InChI is InChI=1S/C16H20N6O3/c1-17-10-12-5-7-20(8-6-12)16(23)15-11-21(19-18-15)13-3-2-4-14(9-13)22(24)25/h2-4,9,11-12,17H,5-8,10H2,1H3. The van der Waals surface area contributed by atoms with E-state index in [1.807, 2.05) is 7.05 Å². The minimum Gasteiger partial charge on any atom is -0.337 e. The predicted molar refractivity (Wildman–Crippen MR) is 90.6 cm³/mol. The molecule has 9 heteroatoms. The van der Waals surface area contributed by atoms with E-state index in [-0.39, 0.29) is 17.3 Å². The number of nitro benzene ring substituents is 1. The van der Waals surface area contributed by atoms with E-state index in [2.05, 4.69) is 15.6 Å². The molecule has 0 bridgehead atoms. The van der Waals surface area contributed by atoms with Crippen LogP contribution in [0.5, 0.6) is 0 Å². The molecule has 25 heavy (non-hydrogen) atoms. The average molecular weight is 344 g/mol. The summed E-state index contributed by atoms with van der Waals surface area (Å²) in [6, 6.07) is 6.05. The zero-order valence-corrected chi connectivity index (χ0v) is 14.0. The van der Waals surface area contributed by atoms with E-state index in [1.165, 1.54) is 23.0 Å². The van der Waals surface area contributed by atoms with Crippen molar-refractivity contribution >= 4 is 11.6 Å². The van der Waals surface area contributed by atoms with E-state index in [1.54, 1.807) is 17.0 Å². The number of piperidine rings is 1. The number of benzene rings is 1. The number of nitrogens with zero attached hydrogens (tertiary/aromatic N) is 5. The van der Waals surface area contributed by atoms with E-state index in [0.29, 0.717) is 24.7 Å². The molecule has 132 valence electrons. The highest BCUT2D eigenvalue weighted by Gasteiger charge is 2.25. The summed E-state index contributed by atoms with van der Waals surface area (Å²) in [6.45, 7) is 2.37. The SMILES string of the molecule is CNCC1CCN(C(=O)c2cn(-c3cccc([N+](=O)[O-])c3)nn2)CC1. The zero-order valence-electron chi connectivity index (χ0n) is 14.0. The van der Waals surface area contributed by atoms with Gasteiger partial charge in [-0.15, -0.1) is 5.10 Å². The Morgan fingerprint density at radius 3 is 2.84 bits per heavy atom. The third-order valence-corrected chi connectivity index (χ3v) is 4.41. The molecular formula is C16H20N6O3. The number of carbonyl (C=O) groups excluding carboxylic acids is 1. The van der Waals surface area contributed by atoms with Gasteiger partial charge in [0, 0.05) is 25.2 Å². The van der Waals surface area contributed by atoms with Gasteiger partial charge in [0.15, 0.2) is 5.69 Å². The lowest BCUT2D eigenvalue weighted by Gasteiger charge is -2.31. The average Bonchev–Trinajstić information content (AvgIpc) is 3.12. The molecule has 3 rings (SSSR count). The molecule has 1 N–H and O–H groups in total. The second kappa shape index (κ2) is 7.39. The van der Waals surface area contributed by atoms with Crippen LogP contribution in [0.1, 0.15) is 23.3 Å². The van der Waals surface area contributed by atoms with E-state index in [9.17, 15) is 14.9 Å². The van der Waals surface area contributed by atoms with Crippen molar-refractivity contribution in [2.75, 3.05) is 26.7 Å². The first kappa shape index (κ1) is 17.0. The predicted octanol–water partition coefficient (Wildman–Crippen LogP) is 1.25. The summed E-state index contributed by atoms with van der Waals surface area (Å²) in [5.74, 6) is 0.439. The third-order valence-electron chi connectivity index (χ3n) is 4.41. The van der Waals surface area contributed by atoms with Gasteiger partial charge in [-0.2, -0.15) is 0 Å². The van der Waals surface area contributed by atoms with Crippen molar-refractivity contribution in [1.82, 2.24) is 25.2 Å². The second-order valence-electron chi connectivity index (χ2n) is 6.12. The van der Waals surface area contributed by atoms with Gasteiger partial charge in [0.2, 0.25) is 0 Å². The number of nitro groups is 1. The summed E-state index contributed by atoms with van der Waals surface area (Å²) >= 11 is 0. The van der Waals surface area contributed by atoms with Gasteiger partial charge in [-0.1, -0.05) is 11.3 Å². The lowest BCUT2D eigenvalue weighted by atomic mass is 9.97. The summed E-state index contributed by atoms with van der Waals surface area (Å²) in [5.41, 5.74) is 0.708. The highest BCUT2D eigenvalue weighted by atomic mass is 16.6. The highest BCUT2D eigenvalue weighted by Crippen LogP contribution is 2.19. The van der Waals surface area contributed by atoms with Crippen LogP contribution in [0.3, 0.4) is 0 Å². The number of nitrogens with one attached hydrogen (secondary N) is 1. The molecule has 1 fully saturated rings. The Labute approximate surface area is 144 Å². The summed E-state index contributed by atoms with van der Waals surface area (Å²) in [7, 11) is 1.93. The number of non-ortho nitro benzene ring substituents is 1. The maximum Gasteiger partial charge on any atom is 0.276 e. The van der Waals surface area contributed by atoms with E-state index in [0.717, 1.165) is 19.4 Å². The quantitative estimate of drug-likeness (QED) is 0.646. The summed E-state index contributed by atoms with van der Waals surface area (Å²) in [6.07, 6.45) is 3.44. The van der Waals surface area contributed by atoms with Crippen molar-refractivity contribution < 1.29 is 9.72 Å². The van der Waals surface area contributed by atoms with Crippen LogP contribution in [-0.4, -0.2) is 57.4 Å². The number of hydrogen-bond acceptors (Lipinski definition) is 6. The Morgan fingerprint density at radius 2 is 2.16 bits per heavy atom. The van der Waals surface area contributed by atoms with Crippen LogP contribution in [0, 0.1) is 16.0 Å². The highest BCUT2D eigenvalue weighted by molar-refractivity contribution is 5.92. The fraction of sp³-hybridized carbons (Fsp3) is 0.438. The number of carbonyl (C=O) groups is 1. The van der Waals surface area contributed by atoms with Crippen LogP contribution < -0.4 is 5.32 Å². The van der Waals surface area contributed by atoms with Crippen molar-refractivity contribution in [3.63, 3.8) is 0 Å². The van der Waals surface area contributed by atoms with Gasteiger partial charge in [0.1, 0.15) is 0 Å². The molecule has 0 unspecified atom stereocenters. The normalized spacial score (nSPS) is 15.3. The first-order chi connectivity index (χ1) is 12.1. The van der Waals surface area contributed by atoms with Crippen LogP contribution in [-0.2, 0) is 0 Å². The number of likely N-dealkylation sites (tertiary alicyclic amines) is 1. The summed E-state index contributed by atoms with van der Waals surface area (Å²) in [5, 5.41) is 21.9. The molecule has 0 atom stereocenters. The van der Waals surface area contributed by atoms with E-state index in [4.69, 9.17) is 0 Å². The smallest absolute Gasteiger partial charge is 0.276 e. The Kier molecular flexibility index (Phi) is 5.03. The molecule has 0 aliphatic carbocycles. The fourth-order valence-corrected chi connectivity index (χ4v) is 3.03. The maximum absolute atomic E-state index is 12.6. The number of aromatic nitrogens is 3. The number of hydrogen-bond donors (Lipinski definition) is 1. The van der Waals surface area contributed by atoms with Crippen molar-refractivity contribution in [2.45, 2.75) is 12.8 Å². The molecule has 1 aliphatic rings. The lowest BCUT2D eigenvalue weighted by molar-refractivity contribution is -0.384. The summed E-state index contributed by atoms with van der Waals surface area (Å²) in [4.78, 5) is 24.8. The molecule has 2 heterocycles.